The molecule has 5 fully saturated rings. The molecular weight excluding hydrogens is 336 g/mol. The van der Waals surface area contributed by atoms with Crippen LogP contribution in [0.15, 0.2) is 0 Å². The monoisotopic (exact) mass is 376 g/mol. The van der Waals surface area contributed by atoms with Crippen LogP contribution in [-0.2, 0) is 9.47 Å². The highest BCUT2D eigenvalue weighted by atomic mass is 16.7. The van der Waals surface area contributed by atoms with Crippen LogP contribution >= 0.6 is 0 Å². The Morgan fingerprint density at radius 3 is 2.48 bits per heavy atom. The molecule has 1 aliphatic heterocycles. The molecule has 154 valence electrons. The number of hydrogen-bond donors (Lipinski definition) is 1. The zero-order valence-corrected chi connectivity index (χ0v) is 17.5. The Morgan fingerprint density at radius 1 is 0.852 bits per heavy atom. The van der Waals surface area contributed by atoms with Gasteiger partial charge >= 0.3 is 0 Å². The Kier molecular flexibility index (Phi) is 4.89. The van der Waals surface area contributed by atoms with Crippen LogP contribution in [-0.4, -0.2) is 30.2 Å². The first-order chi connectivity index (χ1) is 13.0. The normalized spacial score (nSPS) is 55.4. The zero-order chi connectivity index (χ0) is 18.6. The van der Waals surface area contributed by atoms with Gasteiger partial charge in [0.1, 0.15) is 0 Å². The van der Waals surface area contributed by atoms with Crippen LogP contribution in [0.1, 0.15) is 90.9 Å². The van der Waals surface area contributed by atoms with Gasteiger partial charge < -0.3 is 14.6 Å². The van der Waals surface area contributed by atoms with Gasteiger partial charge in [-0.05, 0) is 112 Å². The number of aliphatic hydroxyl groups excluding tert-OH is 1. The summed E-state index contributed by atoms with van der Waals surface area (Å²) in [7, 11) is 0. The minimum atomic E-state index is -0.0476. The Hall–Kier alpha value is -0.120. The van der Waals surface area contributed by atoms with Gasteiger partial charge in [-0.3, -0.25) is 0 Å². The van der Waals surface area contributed by atoms with E-state index in [-0.39, 0.29) is 17.8 Å². The molecule has 0 aromatic carbocycles. The second kappa shape index (κ2) is 6.99. The first-order valence-electron chi connectivity index (χ1n) is 12.0. The molecule has 0 radical (unpaired) electrons. The summed E-state index contributed by atoms with van der Waals surface area (Å²) in [4.78, 5) is 0. The highest BCUT2D eigenvalue weighted by Gasteiger charge is 2.60. The fraction of sp³-hybridized carbons (Fsp3) is 1.00. The van der Waals surface area contributed by atoms with Gasteiger partial charge in [0.2, 0.25) is 0 Å². The van der Waals surface area contributed by atoms with Crippen molar-refractivity contribution in [2.75, 3.05) is 6.61 Å². The molecule has 0 amide bonds. The second-order valence-electron chi connectivity index (χ2n) is 11.1. The minimum absolute atomic E-state index is 0.0476. The molecule has 7 unspecified atom stereocenters. The number of rotatable bonds is 2. The largest absolute Gasteiger partial charge is 0.393 e. The van der Waals surface area contributed by atoms with Gasteiger partial charge in [-0.25, -0.2) is 0 Å². The summed E-state index contributed by atoms with van der Waals surface area (Å²) in [6.45, 7) is 5.90. The van der Waals surface area contributed by atoms with Crippen molar-refractivity contribution in [3.63, 3.8) is 0 Å². The van der Waals surface area contributed by atoms with E-state index in [9.17, 15) is 5.11 Å². The van der Waals surface area contributed by atoms with Gasteiger partial charge in [-0.15, -0.1) is 0 Å². The summed E-state index contributed by atoms with van der Waals surface area (Å²) in [5.41, 5.74) is 0.716. The maximum absolute atomic E-state index is 10.6. The van der Waals surface area contributed by atoms with Crippen molar-refractivity contribution in [1.29, 1.82) is 0 Å². The van der Waals surface area contributed by atoms with Gasteiger partial charge in [0.15, 0.2) is 6.29 Å². The lowest BCUT2D eigenvalue weighted by Gasteiger charge is -2.61. The third kappa shape index (κ3) is 3.02. The average Bonchev–Trinajstić information content (AvgIpc) is 2.98. The Balaban J connectivity index is 1.27. The molecule has 27 heavy (non-hydrogen) atoms. The molecule has 0 aromatic heterocycles. The van der Waals surface area contributed by atoms with Crippen LogP contribution in [0.3, 0.4) is 0 Å². The first-order valence-corrected chi connectivity index (χ1v) is 12.0. The van der Waals surface area contributed by atoms with Crippen molar-refractivity contribution in [2.45, 2.75) is 109 Å². The lowest BCUT2D eigenvalue weighted by Crippen LogP contribution is -2.54. The van der Waals surface area contributed by atoms with Gasteiger partial charge in [0.05, 0.1) is 12.2 Å². The van der Waals surface area contributed by atoms with Gasteiger partial charge in [-0.1, -0.05) is 13.8 Å². The quantitative estimate of drug-likeness (QED) is 0.665. The lowest BCUT2D eigenvalue weighted by atomic mass is 9.45. The van der Waals surface area contributed by atoms with Crippen molar-refractivity contribution in [3.05, 3.63) is 0 Å². The van der Waals surface area contributed by atoms with Crippen LogP contribution in [0.2, 0.25) is 0 Å². The molecule has 0 bridgehead atoms. The molecular formula is C24H40O3. The van der Waals surface area contributed by atoms with E-state index in [1.807, 2.05) is 0 Å². The van der Waals surface area contributed by atoms with Crippen molar-refractivity contribution in [1.82, 2.24) is 0 Å². The summed E-state index contributed by atoms with van der Waals surface area (Å²) >= 11 is 0. The molecule has 3 nitrogen and oxygen atoms in total. The fourth-order valence-corrected chi connectivity index (χ4v) is 8.35. The van der Waals surface area contributed by atoms with Crippen LogP contribution in [0.4, 0.5) is 0 Å². The Bertz CT molecular complexity index is 544. The van der Waals surface area contributed by atoms with E-state index in [1.165, 1.54) is 64.2 Å². The Morgan fingerprint density at radius 2 is 1.67 bits per heavy atom. The molecule has 5 aliphatic rings. The maximum atomic E-state index is 10.6. The van der Waals surface area contributed by atoms with E-state index in [1.54, 1.807) is 0 Å². The van der Waals surface area contributed by atoms with E-state index in [0.29, 0.717) is 11.5 Å². The molecule has 0 aromatic rings. The summed E-state index contributed by atoms with van der Waals surface area (Å²) in [5.74, 6) is 3.35. The van der Waals surface area contributed by atoms with E-state index < -0.39 is 0 Å². The van der Waals surface area contributed by atoms with E-state index in [0.717, 1.165) is 43.1 Å². The fourth-order valence-electron chi connectivity index (χ4n) is 8.35. The predicted molar refractivity (Wildman–Crippen MR) is 106 cm³/mol. The van der Waals surface area contributed by atoms with Gasteiger partial charge in [-0.2, -0.15) is 0 Å². The molecule has 1 N–H and O–H groups in total. The van der Waals surface area contributed by atoms with Crippen LogP contribution in [0.25, 0.3) is 0 Å². The number of fused-ring (bicyclic) bond motifs is 5. The third-order valence-electron chi connectivity index (χ3n) is 10.0. The number of ether oxygens (including phenoxy) is 2. The summed E-state index contributed by atoms with van der Waals surface area (Å²) in [5, 5.41) is 10.6. The van der Waals surface area contributed by atoms with Crippen molar-refractivity contribution in [3.8, 4) is 0 Å². The van der Waals surface area contributed by atoms with Crippen LogP contribution in [0, 0.1) is 34.5 Å². The smallest absolute Gasteiger partial charge is 0.157 e. The van der Waals surface area contributed by atoms with Crippen molar-refractivity contribution in [2.24, 2.45) is 34.5 Å². The predicted octanol–water partition coefficient (Wildman–Crippen LogP) is 5.30. The van der Waals surface area contributed by atoms with Gasteiger partial charge in [0, 0.05) is 6.61 Å². The van der Waals surface area contributed by atoms with Crippen molar-refractivity contribution < 1.29 is 14.6 Å². The molecule has 4 saturated carbocycles. The molecule has 5 rings (SSSR count). The van der Waals surface area contributed by atoms with E-state index in [2.05, 4.69) is 13.8 Å². The molecule has 4 aliphatic carbocycles. The van der Waals surface area contributed by atoms with Crippen LogP contribution < -0.4 is 0 Å². The third-order valence-corrected chi connectivity index (χ3v) is 10.0. The van der Waals surface area contributed by atoms with Crippen molar-refractivity contribution >= 4 is 0 Å². The average molecular weight is 377 g/mol. The topological polar surface area (TPSA) is 38.7 Å². The van der Waals surface area contributed by atoms with Crippen LogP contribution in [0.5, 0.6) is 0 Å². The molecule has 1 heterocycles. The molecule has 3 heteroatoms. The number of hydrogen-bond acceptors (Lipinski definition) is 3. The highest BCUT2D eigenvalue weighted by Crippen LogP contribution is 2.66. The second-order valence-corrected chi connectivity index (χ2v) is 11.1. The molecule has 9 atom stereocenters. The van der Waals surface area contributed by atoms with E-state index >= 15 is 0 Å². The zero-order valence-electron chi connectivity index (χ0n) is 17.5. The summed E-state index contributed by atoms with van der Waals surface area (Å²) in [6, 6.07) is 0. The first kappa shape index (κ1) is 18.9. The maximum Gasteiger partial charge on any atom is 0.157 e. The number of aliphatic hydroxyl groups is 1. The molecule has 1 saturated heterocycles. The SMILES string of the molecule is C[C@]12CCC(OC3CCCCO3)CC1CCC1C2CC[C@]2(C)C(O)CCC12. The standard InChI is InChI=1S/C24H40O3/c1-23-12-10-17(27-22-5-3-4-14-26-22)15-16(23)6-7-18-19-8-9-21(25)24(19,2)13-11-20(18)23/h16-22,25H,3-15H2,1-2H3/t16?,17?,18?,19?,20?,21?,22?,23-,24-/m0/s1. The minimum Gasteiger partial charge on any atom is -0.393 e. The lowest BCUT2D eigenvalue weighted by molar-refractivity contribution is -0.212. The molecule has 0 spiro atoms. The Labute approximate surface area is 165 Å². The van der Waals surface area contributed by atoms with Gasteiger partial charge in [0.25, 0.3) is 0 Å². The summed E-state index contributed by atoms with van der Waals surface area (Å²) < 4.78 is 12.3. The highest BCUT2D eigenvalue weighted by molar-refractivity contribution is 5.09. The van der Waals surface area contributed by atoms with E-state index in [4.69, 9.17) is 9.47 Å². The summed E-state index contributed by atoms with van der Waals surface area (Å²) in [6.07, 6.45) is 15.5.